The molecule has 110 valence electrons. The lowest BCUT2D eigenvalue weighted by atomic mass is 10.3. The Kier molecular flexibility index (Phi) is 5.44. The molecule has 2 rings (SSSR count). The van der Waals surface area contributed by atoms with Gasteiger partial charge in [0.25, 0.3) is 11.7 Å². The highest BCUT2D eigenvalue weighted by molar-refractivity contribution is 7.98. The number of alkyl halides is 2. The van der Waals surface area contributed by atoms with Gasteiger partial charge >= 0.3 is 0 Å². The molecule has 0 fully saturated rings. The Morgan fingerprint density at radius 2 is 2.14 bits per heavy atom. The van der Waals surface area contributed by atoms with E-state index in [1.54, 1.807) is 24.3 Å². The lowest BCUT2D eigenvalue weighted by Crippen LogP contribution is -2.17. The van der Waals surface area contributed by atoms with Crippen LogP contribution >= 0.6 is 11.8 Å². The van der Waals surface area contributed by atoms with Crippen molar-refractivity contribution in [2.24, 2.45) is 5.10 Å². The molecule has 0 aliphatic carbocycles. The summed E-state index contributed by atoms with van der Waals surface area (Å²) in [7, 11) is 0. The van der Waals surface area contributed by atoms with E-state index in [0.717, 1.165) is 0 Å². The van der Waals surface area contributed by atoms with Crippen molar-refractivity contribution in [1.29, 1.82) is 0 Å². The van der Waals surface area contributed by atoms with E-state index < -0.39 is 5.76 Å². The zero-order chi connectivity index (χ0) is 15.1. The average molecular weight is 311 g/mol. The molecule has 2 aromatic heterocycles. The van der Waals surface area contributed by atoms with Crippen LogP contribution in [0.3, 0.4) is 0 Å². The topological polar surface area (TPSA) is 67.5 Å². The molecule has 0 saturated carbocycles. The molecule has 0 aliphatic heterocycles. The highest BCUT2D eigenvalue weighted by atomic mass is 32.2. The number of hydrazone groups is 1. The maximum Gasteiger partial charge on any atom is 0.284 e. The minimum atomic E-state index is -2.44. The SMILES string of the molecule is O=C(N/N=C\c1ccc(CSC(F)F)o1)c1ccncc1. The maximum absolute atomic E-state index is 12.0. The minimum absolute atomic E-state index is 0.0783. The van der Waals surface area contributed by atoms with Gasteiger partial charge in [-0.1, -0.05) is 11.8 Å². The van der Waals surface area contributed by atoms with Gasteiger partial charge in [0, 0.05) is 18.0 Å². The predicted molar refractivity (Wildman–Crippen MR) is 75.3 cm³/mol. The van der Waals surface area contributed by atoms with Gasteiger partial charge < -0.3 is 4.42 Å². The first-order chi connectivity index (χ1) is 10.1. The van der Waals surface area contributed by atoms with Gasteiger partial charge in [-0.15, -0.1) is 0 Å². The second-order valence-corrected chi connectivity index (χ2v) is 4.79. The Morgan fingerprint density at radius 3 is 2.86 bits per heavy atom. The van der Waals surface area contributed by atoms with Crippen LogP contribution < -0.4 is 5.43 Å². The van der Waals surface area contributed by atoms with Crippen molar-refractivity contribution in [3.8, 4) is 0 Å². The van der Waals surface area contributed by atoms with Crippen LogP contribution in [0.4, 0.5) is 8.78 Å². The largest absolute Gasteiger partial charge is 0.459 e. The number of hydrogen-bond acceptors (Lipinski definition) is 5. The summed E-state index contributed by atoms with van der Waals surface area (Å²) in [5, 5.41) is 3.73. The fraction of sp³-hybridized carbons (Fsp3) is 0.154. The Bertz CT molecular complexity index is 617. The predicted octanol–water partition coefficient (Wildman–Crippen LogP) is 2.89. The molecule has 1 amide bonds. The van der Waals surface area contributed by atoms with Gasteiger partial charge in [-0.3, -0.25) is 9.78 Å². The van der Waals surface area contributed by atoms with E-state index in [1.165, 1.54) is 18.6 Å². The Hall–Kier alpha value is -2.22. The molecular weight excluding hydrogens is 300 g/mol. The number of aromatic nitrogens is 1. The molecule has 21 heavy (non-hydrogen) atoms. The monoisotopic (exact) mass is 311 g/mol. The molecule has 0 unspecified atom stereocenters. The van der Waals surface area contributed by atoms with Crippen molar-refractivity contribution in [1.82, 2.24) is 10.4 Å². The first kappa shape index (κ1) is 15.2. The molecule has 0 bridgehead atoms. The van der Waals surface area contributed by atoms with E-state index in [-0.39, 0.29) is 11.7 Å². The molecule has 0 aromatic carbocycles. The van der Waals surface area contributed by atoms with Gasteiger partial charge in [0.15, 0.2) is 0 Å². The second kappa shape index (κ2) is 7.53. The van der Waals surface area contributed by atoms with Crippen LogP contribution in [-0.4, -0.2) is 22.9 Å². The van der Waals surface area contributed by atoms with Crippen molar-refractivity contribution in [2.75, 3.05) is 0 Å². The maximum atomic E-state index is 12.0. The summed E-state index contributed by atoms with van der Waals surface area (Å²) < 4.78 is 29.3. The van der Waals surface area contributed by atoms with Crippen molar-refractivity contribution >= 4 is 23.9 Å². The lowest BCUT2D eigenvalue weighted by molar-refractivity contribution is 0.0955. The third-order valence-corrected chi connectivity index (χ3v) is 3.04. The molecule has 1 N–H and O–H groups in total. The summed E-state index contributed by atoms with van der Waals surface area (Å²) in [4.78, 5) is 15.4. The summed E-state index contributed by atoms with van der Waals surface area (Å²) in [5.74, 6) is -1.95. The first-order valence-electron chi connectivity index (χ1n) is 5.87. The third kappa shape index (κ3) is 4.99. The summed E-state index contributed by atoms with van der Waals surface area (Å²) in [6.45, 7) is 0. The van der Waals surface area contributed by atoms with Gasteiger partial charge in [0.1, 0.15) is 11.5 Å². The molecule has 2 aromatic rings. The molecule has 2 heterocycles. The van der Waals surface area contributed by atoms with Gasteiger partial charge in [-0.2, -0.15) is 13.9 Å². The van der Waals surface area contributed by atoms with Crippen LogP contribution in [0.5, 0.6) is 0 Å². The van der Waals surface area contributed by atoms with Crippen LogP contribution in [0.15, 0.2) is 46.2 Å². The Labute approximate surface area is 123 Å². The van der Waals surface area contributed by atoms with Crippen LogP contribution in [0, 0.1) is 0 Å². The molecular formula is C13H11F2N3O2S. The second-order valence-electron chi connectivity index (χ2n) is 3.81. The number of nitrogens with zero attached hydrogens (tertiary/aromatic N) is 2. The standard InChI is InChI=1S/C13H11F2N3O2S/c14-13(15)21-8-11-2-1-10(20-11)7-17-18-12(19)9-3-5-16-6-4-9/h1-7,13H,8H2,(H,18,19)/b17-7-. The molecule has 8 heteroatoms. The number of amides is 1. The fourth-order valence-electron chi connectivity index (χ4n) is 1.41. The van der Waals surface area contributed by atoms with E-state index in [1.807, 2.05) is 0 Å². The van der Waals surface area contributed by atoms with Crippen molar-refractivity contribution in [2.45, 2.75) is 11.5 Å². The van der Waals surface area contributed by atoms with Crippen LogP contribution in [-0.2, 0) is 5.75 Å². The van der Waals surface area contributed by atoms with E-state index in [4.69, 9.17) is 4.42 Å². The third-order valence-electron chi connectivity index (χ3n) is 2.33. The average Bonchev–Trinajstić information content (AvgIpc) is 2.94. The minimum Gasteiger partial charge on any atom is -0.459 e. The summed E-state index contributed by atoms with van der Waals surface area (Å²) in [5.41, 5.74) is 2.75. The zero-order valence-electron chi connectivity index (χ0n) is 10.7. The molecule has 5 nitrogen and oxygen atoms in total. The van der Waals surface area contributed by atoms with Crippen molar-refractivity contribution in [3.05, 3.63) is 53.7 Å². The normalized spacial score (nSPS) is 11.2. The van der Waals surface area contributed by atoms with E-state index >= 15 is 0 Å². The van der Waals surface area contributed by atoms with Crippen LogP contribution in [0.1, 0.15) is 21.9 Å². The van der Waals surface area contributed by atoms with Gasteiger partial charge in [-0.05, 0) is 24.3 Å². The van der Waals surface area contributed by atoms with E-state index in [0.29, 0.717) is 28.8 Å². The number of pyridine rings is 1. The number of carbonyl (C=O) groups excluding carboxylic acids is 1. The number of rotatable bonds is 6. The van der Waals surface area contributed by atoms with Crippen LogP contribution in [0.25, 0.3) is 0 Å². The highest BCUT2D eigenvalue weighted by Crippen LogP contribution is 2.20. The number of nitrogens with one attached hydrogen (secondary N) is 1. The summed E-state index contributed by atoms with van der Waals surface area (Å²) in [6, 6.07) is 6.28. The number of hydrogen-bond donors (Lipinski definition) is 1. The number of halogens is 2. The zero-order valence-corrected chi connectivity index (χ0v) is 11.5. The van der Waals surface area contributed by atoms with Crippen molar-refractivity contribution in [3.63, 3.8) is 0 Å². The van der Waals surface area contributed by atoms with Gasteiger partial charge in [-0.25, -0.2) is 5.43 Å². The first-order valence-corrected chi connectivity index (χ1v) is 6.92. The lowest BCUT2D eigenvalue weighted by Gasteiger charge is -1.97. The van der Waals surface area contributed by atoms with Crippen LogP contribution in [0.2, 0.25) is 0 Å². The number of furan rings is 1. The Morgan fingerprint density at radius 1 is 1.38 bits per heavy atom. The van der Waals surface area contributed by atoms with Gasteiger partial charge in [0.05, 0.1) is 12.0 Å². The molecule has 0 radical (unpaired) electrons. The molecule has 0 aliphatic rings. The number of carbonyl (C=O) groups is 1. The van der Waals surface area contributed by atoms with E-state index in [2.05, 4.69) is 15.5 Å². The van der Waals surface area contributed by atoms with E-state index in [9.17, 15) is 13.6 Å². The Balaban J connectivity index is 1.86. The molecule has 0 spiro atoms. The van der Waals surface area contributed by atoms with Gasteiger partial charge in [0.2, 0.25) is 0 Å². The number of thioether (sulfide) groups is 1. The summed E-state index contributed by atoms with van der Waals surface area (Å²) in [6.07, 6.45) is 4.30. The van der Waals surface area contributed by atoms with Crippen molar-refractivity contribution < 1.29 is 18.0 Å². The quantitative estimate of drug-likeness (QED) is 0.658. The molecule has 0 atom stereocenters. The summed E-state index contributed by atoms with van der Waals surface area (Å²) >= 11 is 0.476. The highest BCUT2D eigenvalue weighted by Gasteiger charge is 2.06. The fourth-order valence-corrected chi connectivity index (χ4v) is 1.85. The molecule has 0 saturated heterocycles. The smallest absolute Gasteiger partial charge is 0.284 e.